The molecule has 1 aliphatic heterocycles. The second kappa shape index (κ2) is 12.7. The molecule has 0 aromatic rings. The molecule has 5 aliphatic rings. The molecule has 0 aromatic carbocycles. The minimum absolute atomic E-state index is 0.0267. The Morgan fingerprint density at radius 2 is 1.40 bits per heavy atom. The number of esters is 3. The summed E-state index contributed by atoms with van der Waals surface area (Å²) in [6, 6.07) is 0. The van der Waals surface area contributed by atoms with Gasteiger partial charge in [0.15, 0.2) is 0 Å². The van der Waals surface area contributed by atoms with Crippen molar-refractivity contribution in [1.29, 1.82) is 0 Å². The maximum Gasteiger partial charge on any atom is 0.347 e. The average Bonchev–Trinajstić information content (AvgIpc) is 3.29. The Hall–Kier alpha value is -1.59. The lowest BCUT2D eigenvalue weighted by molar-refractivity contribution is -0.210. The zero-order chi connectivity index (χ0) is 32.0. The molecule has 6 nitrogen and oxygen atoms in total. The van der Waals surface area contributed by atoms with Crippen LogP contribution in [0.5, 0.6) is 0 Å². The van der Waals surface area contributed by atoms with Gasteiger partial charge in [-0.2, -0.15) is 0 Å². The van der Waals surface area contributed by atoms with E-state index in [4.69, 9.17) is 14.2 Å². The molecule has 246 valence electrons. The van der Waals surface area contributed by atoms with Gasteiger partial charge in [-0.3, -0.25) is 9.59 Å². The van der Waals surface area contributed by atoms with Gasteiger partial charge in [-0.1, -0.05) is 48.0 Å². The second-order valence-electron chi connectivity index (χ2n) is 17.3. The number of carbonyl (C=O) groups excluding carboxylic acids is 3. The Labute approximate surface area is 262 Å². The second-order valence-corrected chi connectivity index (χ2v) is 17.3. The van der Waals surface area contributed by atoms with E-state index in [1.807, 2.05) is 20.8 Å². The summed E-state index contributed by atoms with van der Waals surface area (Å²) in [7, 11) is 0. The highest BCUT2D eigenvalue weighted by atomic mass is 16.6. The summed E-state index contributed by atoms with van der Waals surface area (Å²) in [5.74, 6) is 2.49. The molecule has 1 saturated heterocycles. The molecule has 0 N–H and O–H groups in total. The Morgan fingerprint density at radius 3 is 1.86 bits per heavy atom. The fourth-order valence-corrected chi connectivity index (χ4v) is 9.72. The van der Waals surface area contributed by atoms with Crippen LogP contribution in [-0.2, 0) is 28.6 Å². The van der Waals surface area contributed by atoms with Crippen LogP contribution in [0.15, 0.2) is 0 Å². The first-order valence-corrected chi connectivity index (χ1v) is 17.5. The third-order valence-corrected chi connectivity index (χ3v) is 12.8. The molecule has 0 aromatic heterocycles. The highest BCUT2D eigenvalue weighted by Gasteiger charge is 2.59. The van der Waals surface area contributed by atoms with Crippen LogP contribution in [0, 0.1) is 57.7 Å². The molecule has 0 amide bonds. The Morgan fingerprint density at radius 1 is 0.837 bits per heavy atom. The molecule has 5 rings (SSSR count). The Kier molecular flexibility index (Phi) is 10.1. The molecule has 5 unspecified atom stereocenters. The Balaban J connectivity index is 1.40. The molecule has 1 heterocycles. The van der Waals surface area contributed by atoms with Crippen LogP contribution in [-0.4, -0.2) is 36.2 Å². The van der Waals surface area contributed by atoms with Crippen LogP contribution in [0.3, 0.4) is 0 Å². The molecule has 5 atom stereocenters. The van der Waals surface area contributed by atoms with E-state index in [2.05, 4.69) is 48.5 Å². The van der Waals surface area contributed by atoms with Gasteiger partial charge >= 0.3 is 17.9 Å². The van der Waals surface area contributed by atoms with Crippen molar-refractivity contribution in [2.75, 3.05) is 6.61 Å². The van der Waals surface area contributed by atoms with E-state index < -0.39 is 28.5 Å². The largest absolute Gasteiger partial charge is 0.463 e. The molecule has 0 spiro atoms. The number of rotatable bonds is 14. The smallest absolute Gasteiger partial charge is 0.347 e. The summed E-state index contributed by atoms with van der Waals surface area (Å²) in [6.45, 7) is 21.7. The summed E-state index contributed by atoms with van der Waals surface area (Å²) in [4.78, 5) is 39.5. The van der Waals surface area contributed by atoms with Gasteiger partial charge in [0.2, 0.25) is 6.10 Å². The fraction of sp³-hybridized carbons (Fsp3) is 0.919. The Bertz CT molecular complexity index is 993. The summed E-state index contributed by atoms with van der Waals surface area (Å²) in [5, 5.41) is 0. The SMILES string of the molecule is CC(C)CC(C)(C(=O)OC(C)(C)C12CC3CC(CC(C3)C1)C2)C(C)CCC(C)CC(C)(C(=O)OC1CCOC1=O)C(C)C. The summed E-state index contributed by atoms with van der Waals surface area (Å²) < 4.78 is 17.4. The van der Waals surface area contributed by atoms with Crippen molar-refractivity contribution in [2.24, 2.45) is 57.7 Å². The predicted octanol–water partition coefficient (Wildman–Crippen LogP) is 8.54. The molecule has 5 fully saturated rings. The molecular formula is C37H62O6. The van der Waals surface area contributed by atoms with Crippen LogP contribution in [0.4, 0.5) is 0 Å². The number of carbonyl (C=O) groups is 3. The van der Waals surface area contributed by atoms with Gasteiger partial charge in [0.05, 0.1) is 17.4 Å². The zero-order valence-corrected chi connectivity index (χ0v) is 29.1. The molecular weight excluding hydrogens is 540 g/mol. The maximum atomic E-state index is 14.3. The third kappa shape index (κ3) is 6.98. The first-order chi connectivity index (χ1) is 19.9. The van der Waals surface area contributed by atoms with Crippen LogP contribution < -0.4 is 0 Å². The summed E-state index contributed by atoms with van der Waals surface area (Å²) in [6.07, 6.45) is 10.7. The van der Waals surface area contributed by atoms with E-state index in [9.17, 15) is 14.4 Å². The van der Waals surface area contributed by atoms with Gasteiger partial charge in [0, 0.05) is 11.8 Å². The molecule has 4 bridgehead atoms. The predicted molar refractivity (Wildman–Crippen MR) is 169 cm³/mol. The molecule has 4 saturated carbocycles. The van der Waals surface area contributed by atoms with Crippen LogP contribution >= 0.6 is 0 Å². The lowest BCUT2D eigenvalue weighted by atomic mass is 9.46. The fourth-order valence-electron chi connectivity index (χ4n) is 9.72. The van der Waals surface area contributed by atoms with Gasteiger partial charge in [0.1, 0.15) is 5.60 Å². The highest BCUT2D eigenvalue weighted by Crippen LogP contribution is 2.64. The van der Waals surface area contributed by atoms with Crippen molar-refractivity contribution in [2.45, 2.75) is 152 Å². The molecule has 4 aliphatic carbocycles. The molecule has 0 radical (unpaired) electrons. The van der Waals surface area contributed by atoms with Crippen molar-refractivity contribution >= 4 is 17.9 Å². The van der Waals surface area contributed by atoms with E-state index >= 15 is 0 Å². The van der Waals surface area contributed by atoms with Gasteiger partial charge < -0.3 is 14.2 Å². The van der Waals surface area contributed by atoms with Gasteiger partial charge in [-0.25, -0.2) is 4.79 Å². The quantitative estimate of drug-likeness (QED) is 0.146. The number of ether oxygens (including phenoxy) is 3. The first kappa shape index (κ1) is 34.3. The molecule has 6 heteroatoms. The van der Waals surface area contributed by atoms with E-state index in [1.165, 1.54) is 38.5 Å². The number of cyclic esters (lactones) is 1. The third-order valence-electron chi connectivity index (χ3n) is 12.8. The summed E-state index contributed by atoms with van der Waals surface area (Å²) >= 11 is 0. The minimum Gasteiger partial charge on any atom is -0.463 e. The normalized spacial score (nSPS) is 32.7. The van der Waals surface area contributed by atoms with Crippen molar-refractivity contribution in [1.82, 2.24) is 0 Å². The maximum absolute atomic E-state index is 14.3. The van der Waals surface area contributed by atoms with E-state index in [0.29, 0.717) is 25.4 Å². The minimum atomic E-state index is -0.786. The van der Waals surface area contributed by atoms with Crippen molar-refractivity contribution < 1.29 is 28.6 Å². The van der Waals surface area contributed by atoms with E-state index in [-0.39, 0.29) is 35.1 Å². The molecule has 43 heavy (non-hydrogen) atoms. The van der Waals surface area contributed by atoms with E-state index in [1.54, 1.807) is 0 Å². The monoisotopic (exact) mass is 602 g/mol. The van der Waals surface area contributed by atoms with E-state index in [0.717, 1.165) is 37.0 Å². The lowest BCUT2D eigenvalue weighted by Gasteiger charge is -2.61. The van der Waals surface area contributed by atoms with Crippen molar-refractivity contribution in [3.8, 4) is 0 Å². The lowest BCUT2D eigenvalue weighted by Crippen LogP contribution is -2.58. The van der Waals surface area contributed by atoms with Crippen molar-refractivity contribution in [3.63, 3.8) is 0 Å². The topological polar surface area (TPSA) is 78.9 Å². The van der Waals surface area contributed by atoms with Crippen LogP contribution in [0.2, 0.25) is 0 Å². The van der Waals surface area contributed by atoms with Gasteiger partial charge in [-0.05, 0) is 127 Å². The number of hydrogen-bond acceptors (Lipinski definition) is 6. The number of hydrogen-bond donors (Lipinski definition) is 0. The van der Waals surface area contributed by atoms with Crippen LogP contribution in [0.1, 0.15) is 140 Å². The van der Waals surface area contributed by atoms with Gasteiger partial charge in [-0.15, -0.1) is 0 Å². The average molecular weight is 603 g/mol. The highest BCUT2D eigenvalue weighted by molar-refractivity contribution is 5.83. The standard InChI is InChI=1S/C37H62O6/c1-23(2)18-36(10,33(40)43-34(7,8)37-20-27-15-28(21-37)17-29(16-27)22-37)26(6)12-11-25(5)19-35(9,24(3)4)32(39)42-30-13-14-41-31(30)38/h23-30H,11-22H2,1-10H3. The van der Waals surface area contributed by atoms with Gasteiger partial charge in [0.25, 0.3) is 0 Å². The summed E-state index contributed by atoms with van der Waals surface area (Å²) in [5.41, 5.74) is -1.61. The van der Waals surface area contributed by atoms with Crippen LogP contribution in [0.25, 0.3) is 0 Å². The van der Waals surface area contributed by atoms with Crippen molar-refractivity contribution in [3.05, 3.63) is 0 Å². The zero-order valence-electron chi connectivity index (χ0n) is 29.1. The first-order valence-electron chi connectivity index (χ1n) is 17.5.